The molecule has 2 aliphatic heterocycles. The molecule has 1 aromatic heterocycles. The summed E-state index contributed by atoms with van der Waals surface area (Å²) in [6.45, 7) is 2.38. The highest BCUT2D eigenvalue weighted by Gasteiger charge is 2.35. The average Bonchev–Trinajstić information content (AvgIpc) is 3.48. The molecule has 1 atom stereocenters. The molecule has 0 saturated carbocycles. The molecule has 9 heteroatoms. The molecule has 9 nitrogen and oxygen atoms in total. The van der Waals surface area contributed by atoms with Crippen molar-refractivity contribution in [1.29, 1.82) is 0 Å². The average molecular weight is 461 g/mol. The predicted molar refractivity (Wildman–Crippen MR) is 122 cm³/mol. The summed E-state index contributed by atoms with van der Waals surface area (Å²) in [6, 6.07) is 12.4. The van der Waals surface area contributed by atoms with Crippen molar-refractivity contribution in [3.05, 3.63) is 70.4 Å². The van der Waals surface area contributed by atoms with Gasteiger partial charge < -0.3 is 19.8 Å². The summed E-state index contributed by atoms with van der Waals surface area (Å²) in [5, 5.41) is 3.57. The van der Waals surface area contributed by atoms with E-state index in [1.165, 1.54) is 4.90 Å². The van der Waals surface area contributed by atoms with E-state index in [0.29, 0.717) is 35.4 Å². The molecule has 1 saturated heterocycles. The molecule has 34 heavy (non-hydrogen) atoms. The molecule has 0 bridgehead atoms. The quantitative estimate of drug-likeness (QED) is 0.413. The molecule has 2 aliphatic rings. The van der Waals surface area contributed by atoms with Gasteiger partial charge in [-0.2, -0.15) is 0 Å². The van der Waals surface area contributed by atoms with E-state index in [-0.39, 0.29) is 37.4 Å². The van der Waals surface area contributed by atoms with Gasteiger partial charge in [0.15, 0.2) is 0 Å². The first-order valence-electron chi connectivity index (χ1n) is 11.2. The van der Waals surface area contributed by atoms with E-state index in [1.54, 1.807) is 31.2 Å². The summed E-state index contributed by atoms with van der Waals surface area (Å²) in [4.78, 5) is 53.9. The molecule has 3 heterocycles. The molecule has 5 rings (SSSR count). The van der Waals surface area contributed by atoms with Crippen molar-refractivity contribution in [2.75, 3.05) is 19.8 Å². The minimum atomic E-state index is -0.492. The lowest BCUT2D eigenvalue weighted by Gasteiger charge is -2.14. The van der Waals surface area contributed by atoms with E-state index < -0.39 is 12.1 Å². The Morgan fingerprint density at radius 3 is 2.50 bits per heavy atom. The van der Waals surface area contributed by atoms with Crippen molar-refractivity contribution < 1.29 is 28.7 Å². The van der Waals surface area contributed by atoms with Gasteiger partial charge in [0, 0.05) is 17.4 Å². The third-order valence-corrected chi connectivity index (χ3v) is 6.13. The number of amides is 3. The van der Waals surface area contributed by atoms with Gasteiger partial charge in [-0.3, -0.25) is 14.5 Å². The number of nitrogens with one attached hydrogen (secondary N) is 2. The normalized spacial score (nSPS) is 17.1. The lowest BCUT2D eigenvalue weighted by molar-refractivity contribution is 0.0519. The number of cyclic esters (lactones) is 1. The van der Waals surface area contributed by atoms with Crippen molar-refractivity contribution in [2.24, 2.45) is 0 Å². The zero-order valence-corrected chi connectivity index (χ0v) is 18.6. The number of hydrogen-bond donors (Lipinski definition) is 2. The summed E-state index contributed by atoms with van der Waals surface area (Å²) in [7, 11) is 0. The Bertz CT molecular complexity index is 1290. The number of aromatic nitrogens is 1. The van der Waals surface area contributed by atoms with Gasteiger partial charge in [0.2, 0.25) is 0 Å². The Morgan fingerprint density at radius 1 is 1.12 bits per heavy atom. The molecule has 0 radical (unpaired) electrons. The molecule has 1 fully saturated rings. The maximum absolute atomic E-state index is 12.8. The second-order valence-electron chi connectivity index (χ2n) is 8.28. The second-order valence-corrected chi connectivity index (χ2v) is 8.28. The molecule has 2 N–H and O–H groups in total. The number of H-pyrrole nitrogens is 1. The highest BCUT2D eigenvalue weighted by atomic mass is 16.6. The van der Waals surface area contributed by atoms with Gasteiger partial charge in [-0.1, -0.05) is 18.2 Å². The smallest absolute Gasteiger partial charge is 0.407 e. The highest BCUT2D eigenvalue weighted by Crippen LogP contribution is 2.28. The first-order chi connectivity index (χ1) is 16.5. The number of aromatic amines is 1. The number of ether oxygens (including phenoxy) is 2. The Kier molecular flexibility index (Phi) is 5.53. The van der Waals surface area contributed by atoms with Crippen molar-refractivity contribution in [3.63, 3.8) is 0 Å². The van der Waals surface area contributed by atoms with Crippen LogP contribution in [-0.4, -0.2) is 59.6 Å². The molecular weight excluding hydrogens is 438 g/mol. The Morgan fingerprint density at radius 2 is 1.85 bits per heavy atom. The van der Waals surface area contributed by atoms with Crippen LogP contribution in [0, 0.1) is 0 Å². The van der Waals surface area contributed by atoms with Crippen LogP contribution in [0.1, 0.15) is 49.3 Å². The number of carbonyl (C=O) groups excluding carboxylic acids is 4. The lowest BCUT2D eigenvalue weighted by Crippen LogP contribution is -2.32. The summed E-state index contributed by atoms with van der Waals surface area (Å²) in [5.74, 6) is -1.17. The fourth-order valence-corrected chi connectivity index (χ4v) is 4.55. The molecule has 3 aromatic rings. The lowest BCUT2D eigenvalue weighted by atomic mass is 10.0. The monoisotopic (exact) mass is 461 g/mol. The molecular formula is C25H23N3O6. The number of carbonyl (C=O) groups is 4. The maximum atomic E-state index is 12.8. The van der Waals surface area contributed by atoms with E-state index in [2.05, 4.69) is 10.3 Å². The zero-order chi connectivity index (χ0) is 23.8. The van der Waals surface area contributed by atoms with E-state index in [9.17, 15) is 19.2 Å². The van der Waals surface area contributed by atoms with Crippen LogP contribution in [-0.2, 0) is 22.3 Å². The van der Waals surface area contributed by atoms with Crippen LogP contribution in [0.15, 0.2) is 42.5 Å². The third kappa shape index (κ3) is 3.79. The fraction of sp³-hybridized carbons (Fsp3) is 0.280. The van der Waals surface area contributed by atoms with Gasteiger partial charge in [0.05, 0.1) is 23.8 Å². The number of esters is 1. The first kappa shape index (κ1) is 21.7. The number of rotatable bonds is 7. The van der Waals surface area contributed by atoms with Crippen molar-refractivity contribution in [3.8, 4) is 0 Å². The third-order valence-electron chi connectivity index (χ3n) is 6.13. The zero-order valence-electron chi connectivity index (χ0n) is 18.6. The summed E-state index contributed by atoms with van der Waals surface area (Å²) < 4.78 is 10.2. The predicted octanol–water partition coefficient (Wildman–Crippen LogP) is 2.83. The number of benzene rings is 2. The Labute approximate surface area is 195 Å². The summed E-state index contributed by atoms with van der Waals surface area (Å²) in [5.41, 5.74) is 3.47. The van der Waals surface area contributed by atoms with E-state index in [0.717, 1.165) is 16.5 Å². The second kappa shape index (κ2) is 8.66. The van der Waals surface area contributed by atoms with E-state index in [4.69, 9.17) is 9.47 Å². The van der Waals surface area contributed by atoms with Gasteiger partial charge in [-0.05, 0) is 55.2 Å². The topological polar surface area (TPSA) is 118 Å². The van der Waals surface area contributed by atoms with Gasteiger partial charge in [0.25, 0.3) is 11.8 Å². The van der Waals surface area contributed by atoms with Crippen LogP contribution in [0.3, 0.4) is 0 Å². The highest BCUT2D eigenvalue weighted by molar-refractivity contribution is 6.21. The first-order valence-corrected chi connectivity index (χ1v) is 11.2. The van der Waals surface area contributed by atoms with E-state index in [1.807, 2.05) is 18.2 Å². The molecule has 0 spiro atoms. The molecule has 2 aromatic carbocycles. The van der Waals surface area contributed by atoms with Gasteiger partial charge >= 0.3 is 12.1 Å². The van der Waals surface area contributed by atoms with Crippen LogP contribution in [0.5, 0.6) is 0 Å². The van der Waals surface area contributed by atoms with Crippen LogP contribution in [0.25, 0.3) is 10.9 Å². The Hall–Kier alpha value is -4.14. The SMILES string of the molecule is CCOC(=O)c1[nH]c2ccc(C[C@@H]3COC(=O)N3)cc2c1CCN1C(=O)c2ccccc2C1=O. The number of hydrogen-bond acceptors (Lipinski definition) is 6. The number of fused-ring (bicyclic) bond motifs is 2. The number of imide groups is 1. The van der Waals surface area contributed by atoms with Gasteiger partial charge in [-0.25, -0.2) is 9.59 Å². The van der Waals surface area contributed by atoms with Crippen LogP contribution in [0.4, 0.5) is 4.79 Å². The fourth-order valence-electron chi connectivity index (χ4n) is 4.55. The minimum Gasteiger partial charge on any atom is -0.461 e. The van der Waals surface area contributed by atoms with Crippen LogP contribution in [0.2, 0.25) is 0 Å². The van der Waals surface area contributed by atoms with Crippen LogP contribution < -0.4 is 5.32 Å². The minimum absolute atomic E-state index is 0.127. The molecule has 174 valence electrons. The molecule has 0 unspecified atom stereocenters. The summed E-state index contributed by atoms with van der Waals surface area (Å²) in [6.07, 6.45) is 0.421. The summed E-state index contributed by atoms with van der Waals surface area (Å²) >= 11 is 0. The van der Waals surface area contributed by atoms with Crippen molar-refractivity contribution in [2.45, 2.75) is 25.8 Å². The van der Waals surface area contributed by atoms with Gasteiger partial charge in [0.1, 0.15) is 12.3 Å². The van der Waals surface area contributed by atoms with Crippen molar-refractivity contribution in [1.82, 2.24) is 15.2 Å². The number of alkyl carbamates (subject to hydrolysis) is 1. The molecule has 3 amide bonds. The van der Waals surface area contributed by atoms with Crippen molar-refractivity contribution >= 4 is 34.8 Å². The largest absolute Gasteiger partial charge is 0.461 e. The Balaban J connectivity index is 1.45. The molecule has 0 aliphatic carbocycles. The van der Waals surface area contributed by atoms with Crippen LogP contribution >= 0.6 is 0 Å². The maximum Gasteiger partial charge on any atom is 0.407 e. The standard InChI is InChI=1S/C25H23N3O6/c1-2-33-24(31)21-16(9-10-28-22(29)17-5-3-4-6-18(17)23(28)30)19-12-14(7-8-20(19)27-21)11-15-13-34-25(32)26-15/h3-8,12,15,27H,2,9-11,13H2,1H3,(H,26,32)/t15-/m1/s1. The van der Waals surface area contributed by atoms with Gasteiger partial charge in [-0.15, -0.1) is 0 Å². The van der Waals surface area contributed by atoms with E-state index >= 15 is 0 Å². The number of nitrogens with zero attached hydrogens (tertiary/aromatic N) is 1.